The van der Waals surface area contributed by atoms with Crippen molar-refractivity contribution in [3.8, 4) is 5.75 Å². The monoisotopic (exact) mass is 269 g/mol. The predicted molar refractivity (Wildman–Crippen MR) is 69.3 cm³/mol. The van der Waals surface area contributed by atoms with Gasteiger partial charge in [0.25, 0.3) is 5.24 Å². The minimum Gasteiger partial charge on any atom is -0.496 e. The summed E-state index contributed by atoms with van der Waals surface area (Å²) in [5.74, 6) is -0.139. The quantitative estimate of drug-likeness (QED) is 0.622. The van der Waals surface area contributed by atoms with Crippen LogP contribution in [0, 0.1) is 0 Å². The number of benzene rings is 1. The summed E-state index contributed by atoms with van der Waals surface area (Å²) in [6, 6.07) is 5.05. The first-order chi connectivity index (χ1) is 8.51. The molecule has 98 valence electrons. The van der Waals surface area contributed by atoms with E-state index >= 15 is 0 Å². The Kier molecular flexibility index (Phi) is 5.03. The summed E-state index contributed by atoms with van der Waals surface area (Å²) in [6.45, 7) is 0. The molecule has 0 saturated carbocycles. The molecule has 0 aliphatic carbocycles. The molecule has 0 spiro atoms. The number of hydrogen-bond acceptors (Lipinski definition) is 5. The molecule has 1 aromatic rings. The van der Waals surface area contributed by atoms with Crippen molar-refractivity contribution in [1.82, 2.24) is 4.90 Å². The van der Waals surface area contributed by atoms with Crippen LogP contribution in [0.3, 0.4) is 0 Å². The highest BCUT2D eigenvalue weighted by Gasteiger charge is 2.20. The molecular formula is C12H15NO4S. The van der Waals surface area contributed by atoms with Crippen LogP contribution in [0.5, 0.6) is 5.75 Å². The van der Waals surface area contributed by atoms with E-state index < -0.39 is 5.97 Å². The van der Waals surface area contributed by atoms with Crippen molar-refractivity contribution < 1.29 is 19.1 Å². The van der Waals surface area contributed by atoms with E-state index in [2.05, 4.69) is 0 Å². The SMILES string of the molecule is COC(=O)c1c(OC)cccc1SC(=O)N(C)C. The van der Waals surface area contributed by atoms with Gasteiger partial charge in [0, 0.05) is 19.0 Å². The van der Waals surface area contributed by atoms with E-state index in [1.54, 1.807) is 32.3 Å². The van der Waals surface area contributed by atoms with Gasteiger partial charge in [0.15, 0.2) is 0 Å². The van der Waals surface area contributed by atoms with Crippen LogP contribution in [0.2, 0.25) is 0 Å². The molecule has 0 N–H and O–H groups in total. The van der Waals surface area contributed by atoms with E-state index in [0.29, 0.717) is 10.6 Å². The number of rotatable bonds is 3. The van der Waals surface area contributed by atoms with E-state index in [1.165, 1.54) is 19.1 Å². The van der Waals surface area contributed by atoms with Gasteiger partial charge in [0.1, 0.15) is 11.3 Å². The Morgan fingerprint density at radius 3 is 2.39 bits per heavy atom. The van der Waals surface area contributed by atoms with Crippen molar-refractivity contribution in [2.45, 2.75) is 4.90 Å². The third-order valence-electron chi connectivity index (χ3n) is 2.16. The lowest BCUT2D eigenvalue weighted by Gasteiger charge is -2.13. The van der Waals surface area contributed by atoms with Gasteiger partial charge in [-0.25, -0.2) is 4.79 Å². The van der Waals surface area contributed by atoms with Gasteiger partial charge in [-0.3, -0.25) is 4.79 Å². The van der Waals surface area contributed by atoms with Crippen LogP contribution in [0.4, 0.5) is 4.79 Å². The van der Waals surface area contributed by atoms with E-state index in [9.17, 15) is 9.59 Å². The molecule has 6 heteroatoms. The fourth-order valence-electron chi connectivity index (χ4n) is 1.25. The molecule has 18 heavy (non-hydrogen) atoms. The second kappa shape index (κ2) is 6.30. The number of amides is 1. The zero-order valence-electron chi connectivity index (χ0n) is 10.7. The van der Waals surface area contributed by atoms with E-state index in [0.717, 1.165) is 11.8 Å². The first-order valence-electron chi connectivity index (χ1n) is 5.15. The molecule has 0 saturated heterocycles. The highest BCUT2D eigenvalue weighted by molar-refractivity contribution is 8.13. The summed E-state index contributed by atoms with van der Waals surface area (Å²) >= 11 is 0.958. The maximum atomic E-state index is 11.7. The molecule has 0 aliphatic rings. The fourth-order valence-corrected chi connectivity index (χ4v) is 2.06. The van der Waals surface area contributed by atoms with E-state index in [1.807, 2.05) is 0 Å². The number of methoxy groups -OCH3 is 2. The van der Waals surface area contributed by atoms with Crippen molar-refractivity contribution in [1.29, 1.82) is 0 Å². The number of hydrogen-bond donors (Lipinski definition) is 0. The molecular weight excluding hydrogens is 254 g/mol. The van der Waals surface area contributed by atoms with Gasteiger partial charge in [0.2, 0.25) is 0 Å². The van der Waals surface area contributed by atoms with Gasteiger partial charge in [-0.2, -0.15) is 0 Å². The highest BCUT2D eigenvalue weighted by atomic mass is 32.2. The number of thioether (sulfide) groups is 1. The van der Waals surface area contributed by atoms with Gasteiger partial charge in [-0.15, -0.1) is 0 Å². The van der Waals surface area contributed by atoms with Crippen LogP contribution in [-0.2, 0) is 4.74 Å². The third kappa shape index (κ3) is 3.16. The van der Waals surface area contributed by atoms with Crippen LogP contribution >= 0.6 is 11.8 Å². The molecule has 0 unspecified atom stereocenters. The summed E-state index contributed by atoms with van der Waals surface area (Å²) in [7, 11) is 6.04. The maximum Gasteiger partial charge on any atom is 0.342 e. The molecule has 0 bridgehead atoms. The van der Waals surface area contributed by atoms with Gasteiger partial charge in [-0.1, -0.05) is 6.07 Å². The Labute approximate surface area is 110 Å². The summed E-state index contributed by atoms with van der Waals surface area (Å²) in [4.78, 5) is 25.3. The molecule has 1 aromatic carbocycles. The molecule has 0 aromatic heterocycles. The van der Waals surface area contributed by atoms with Gasteiger partial charge >= 0.3 is 5.97 Å². The number of carbonyl (C=O) groups excluding carboxylic acids is 2. The molecule has 1 rings (SSSR count). The highest BCUT2D eigenvalue weighted by Crippen LogP contribution is 2.31. The molecule has 0 radical (unpaired) electrons. The first kappa shape index (κ1) is 14.4. The summed E-state index contributed by atoms with van der Waals surface area (Å²) < 4.78 is 9.82. The van der Waals surface area contributed by atoms with Crippen molar-refractivity contribution in [3.63, 3.8) is 0 Å². The van der Waals surface area contributed by atoms with Crippen LogP contribution in [0.1, 0.15) is 10.4 Å². The number of nitrogens with zero attached hydrogens (tertiary/aromatic N) is 1. The average molecular weight is 269 g/mol. The summed E-state index contributed by atoms with van der Waals surface area (Å²) in [5.41, 5.74) is 0.266. The van der Waals surface area contributed by atoms with Crippen molar-refractivity contribution in [2.24, 2.45) is 0 Å². The minimum atomic E-state index is -0.526. The standard InChI is InChI=1S/C12H15NO4S/c1-13(2)12(15)18-9-7-5-6-8(16-3)10(9)11(14)17-4/h5-7H,1-4H3. The van der Waals surface area contributed by atoms with Crippen LogP contribution in [0.25, 0.3) is 0 Å². The molecule has 0 heterocycles. The minimum absolute atomic E-state index is 0.173. The van der Waals surface area contributed by atoms with Crippen LogP contribution < -0.4 is 4.74 Å². The smallest absolute Gasteiger partial charge is 0.342 e. The van der Waals surface area contributed by atoms with Crippen LogP contribution in [0.15, 0.2) is 23.1 Å². The Balaban J connectivity index is 3.18. The Hall–Kier alpha value is -1.69. The molecule has 0 aliphatic heterocycles. The lowest BCUT2D eigenvalue weighted by atomic mass is 10.2. The van der Waals surface area contributed by atoms with E-state index in [-0.39, 0.29) is 10.8 Å². The Morgan fingerprint density at radius 2 is 1.89 bits per heavy atom. The van der Waals surface area contributed by atoms with Gasteiger partial charge in [-0.05, 0) is 23.9 Å². The number of carbonyl (C=O) groups is 2. The molecule has 5 nitrogen and oxygen atoms in total. The molecule has 0 atom stereocenters. The Morgan fingerprint density at radius 1 is 1.22 bits per heavy atom. The maximum absolute atomic E-state index is 11.7. The number of ether oxygens (including phenoxy) is 2. The molecule has 1 amide bonds. The normalized spacial score (nSPS) is 9.78. The zero-order chi connectivity index (χ0) is 13.7. The predicted octanol–water partition coefficient (Wildman–Crippen LogP) is 2.26. The summed E-state index contributed by atoms with van der Waals surface area (Å²) in [6.07, 6.45) is 0. The third-order valence-corrected chi connectivity index (χ3v) is 3.26. The zero-order valence-corrected chi connectivity index (χ0v) is 11.5. The van der Waals surface area contributed by atoms with E-state index in [4.69, 9.17) is 9.47 Å². The first-order valence-corrected chi connectivity index (χ1v) is 5.97. The Bertz CT molecular complexity index is 459. The molecule has 0 fully saturated rings. The van der Waals surface area contributed by atoms with Crippen molar-refractivity contribution in [3.05, 3.63) is 23.8 Å². The van der Waals surface area contributed by atoms with Crippen LogP contribution in [-0.4, -0.2) is 44.4 Å². The fraction of sp³-hybridized carbons (Fsp3) is 0.333. The van der Waals surface area contributed by atoms with Gasteiger partial charge in [0.05, 0.1) is 14.2 Å². The lowest BCUT2D eigenvalue weighted by Crippen LogP contribution is -2.17. The summed E-state index contributed by atoms with van der Waals surface area (Å²) in [5, 5.41) is -0.173. The lowest BCUT2D eigenvalue weighted by molar-refractivity contribution is 0.0593. The van der Waals surface area contributed by atoms with Gasteiger partial charge < -0.3 is 14.4 Å². The average Bonchev–Trinajstić information content (AvgIpc) is 2.37. The van der Waals surface area contributed by atoms with Crippen molar-refractivity contribution in [2.75, 3.05) is 28.3 Å². The van der Waals surface area contributed by atoms with Crippen molar-refractivity contribution >= 4 is 23.0 Å². The second-order valence-corrected chi connectivity index (χ2v) is 4.58. The second-order valence-electron chi connectivity index (χ2n) is 3.59. The topological polar surface area (TPSA) is 55.8 Å². The largest absolute Gasteiger partial charge is 0.496 e. The number of esters is 1.